The molecule has 0 unspecified atom stereocenters. The van der Waals surface area contributed by atoms with Gasteiger partial charge >= 0.3 is 5.97 Å². The molecule has 0 N–H and O–H groups in total. The van der Waals surface area contributed by atoms with Gasteiger partial charge in [0.15, 0.2) is 5.70 Å². The van der Waals surface area contributed by atoms with E-state index in [0.717, 1.165) is 0 Å². The maximum atomic E-state index is 11.8. The Bertz CT molecular complexity index is 742. The molecule has 2 heterocycles. The van der Waals surface area contributed by atoms with E-state index in [0.29, 0.717) is 29.3 Å². The van der Waals surface area contributed by atoms with Crippen LogP contribution in [0.25, 0.3) is 5.70 Å². The van der Waals surface area contributed by atoms with Gasteiger partial charge in [0.05, 0.1) is 19.8 Å². The first-order valence-corrected chi connectivity index (χ1v) is 7.55. The number of esters is 1. The summed E-state index contributed by atoms with van der Waals surface area (Å²) in [6.45, 7) is 5.79. The molecule has 1 aliphatic heterocycles. The Kier molecular flexibility index (Phi) is 6.07. The number of rotatable bonds is 8. The lowest BCUT2D eigenvalue weighted by molar-refractivity contribution is -0.139. The first-order chi connectivity index (χ1) is 12.0. The first-order valence-electron chi connectivity index (χ1n) is 7.55. The lowest BCUT2D eigenvalue weighted by Crippen LogP contribution is -2.09. The molecule has 0 radical (unpaired) electrons. The number of carbonyl (C=O) groups excluding carboxylic acids is 1. The van der Waals surface area contributed by atoms with Gasteiger partial charge in [0.1, 0.15) is 23.7 Å². The molecule has 9 nitrogen and oxygen atoms in total. The second-order valence-electron chi connectivity index (χ2n) is 4.88. The second-order valence-corrected chi connectivity index (χ2v) is 4.88. The molecule has 0 bridgehead atoms. The SMILES string of the molecule is CCON=C(C)C(C)=NOc1ncccc1C1=C(C(=O)OC)N1OC. The fourth-order valence-corrected chi connectivity index (χ4v) is 1.89. The van der Waals surface area contributed by atoms with Crippen LogP contribution in [0.5, 0.6) is 5.88 Å². The van der Waals surface area contributed by atoms with E-state index in [4.69, 9.17) is 19.2 Å². The fraction of sp³-hybridized carbons (Fsp3) is 0.375. The van der Waals surface area contributed by atoms with Crippen LogP contribution >= 0.6 is 0 Å². The van der Waals surface area contributed by atoms with Crippen molar-refractivity contribution in [3.8, 4) is 5.88 Å². The summed E-state index contributed by atoms with van der Waals surface area (Å²) in [4.78, 5) is 31.5. The van der Waals surface area contributed by atoms with Crippen LogP contribution in [-0.2, 0) is 19.2 Å². The maximum absolute atomic E-state index is 11.8. The van der Waals surface area contributed by atoms with Crippen LogP contribution in [0.2, 0.25) is 0 Å². The molecule has 9 heteroatoms. The highest BCUT2D eigenvalue weighted by atomic mass is 16.7. The monoisotopic (exact) mass is 348 g/mol. The summed E-state index contributed by atoms with van der Waals surface area (Å²) in [6, 6.07) is 3.46. The van der Waals surface area contributed by atoms with Crippen molar-refractivity contribution in [1.82, 2.24) is 10.0 Å². The van der Waals surface area contributed by atoms with Gasteiger partial charge in [-0.15, -0.1) is 0 Å². The van der Waals surface area contributed by atoms with Gasteiger partial charge in [-0.25, -0.2) is 14.8 Å². The second kappa shape index (κ2) is 8.25. The van der Waals surface area contributed by atoms with Crippen LogP contribution < -0.4 is 4.84 Å². The Morgan fingerprint density at radius 2 is 1.96 bits per heavy atom. The van der Waals surface area contributed by atoms with Gasteiger partial charge in [-0.2, -0.15) is 0 Å². The van der Waals surface area contributed by atoms with Crippen molar-refractivity contribution in [2.24, 2.45) is 10.3 Å². The first kappa shape index (κ1) is 18.4. The molecule has 0 aromatic carbocycles. The summed E-state index contributed by atoms with van der Waals surface area (Å²) in [5.74, 6) is -0.284. The summed E-state index contributed by atoms with van der Waals surface area (Å²) < 4.78 is 4.73. The maximum Gasteiger partial charge on any atom is 0.359 e. The van der Waals surface area contributed by atoms with Gasteiger partial charge in [0, 0.05) is 6.20 Å². The van der Waals surface area contributed by atoms with E-state index < -0.39 is 5.97 Å². The van der Waals surface area contributed by atoms with Crippen LogP contribution in [0.4, 0.5) is 0 Å². The van der Waals surface area contributed by atoms with E-state index >= 15 is 0 Å². The lowest BCUT2D eigenvalue weighted by Gasteiger charge is -2.06. The largest absolute Gasteiger partial charge is 0.464 e. The minimum Gasteiger partial charge on any atom is -0.464 e. The molecular formula is C16H20N4O5. The number of hydrogen-bond acceptors (Lipinski definition) is 9. The number of oxime groups is 2. The summed E-state index contributed by atoms with van der Waals surface area (Å²) in [7, 11) is 2.75. The minimum atomic E-state index is -0.508. The van der Waals surface area contributed by atoms with E-state index in [-0.39, 0.29) is 11.6 Å². The Labute approximate surface area is 145 Å². The topological polar surface area (TPSA) is 94.6 Å². The zero-order chi connectivity index (χ0) is 18.4. The van der Waals surface area contributed by atoms with Gasteiger partial charge in [-0.3, -0.25) is 4.84 Å². The third-order valence-corrected chi connectivity index (χ3v) is 3.29. The molecule has 0 fully saturated rings. The van der Waals surface area contributed by atoms with E-state index in [9.17, 15) is 4.79 Å². The Hall–Kier alpha value is -2.94. The number of carbonyl (C=O) groups is 1. The molecule has 0 spiro atoms. The smallest absolute Gasteiger partial charge is 0.359 e. The molecule has 1 aromatic heterocycles. The third-order valence-electron chi connectivity index (χ3n) is 3.29. The van der Waals surface area contributed by atoms with E-state index in [1.54, 1.807) is 32.2 Å². The molecule has 1 aromatic rings. The standard InChI is InChI=1S/C16H20N4O5/c1-6-24-18-10(2)11(3)19-25-15-12(8-7-9-17-15)13-14(16(21)22-4)20(13)23-5/h7-9H,6H2,1-5H3. The normalized spacial score (nSPS) is 14.5. The van der Waals surface area contributed by atoms with E-state index in [1.807, 2.05) is 6.92 Å². The van der Waals surface area contributed by atoms with Crippen molar-refractivity contribution < 1.29 is 24.0 Å². The number of aromatic nitrogens is 1. The molecule has 0 aliphatic carbocycles. The Morgan fingerprint density at radius 3 is 2.60 bits per heavy atom. The summed E-state index contributed by atoms with van der Waals surface area (Å²) >= 11 is 0. The number of hydroxylamine groups is 2. The van der Waals surface area contributed by atoms with Crippen LogP contribution in [0.3, 0.4) is 0 Å². The highest BCUT2D eigenvalue weighted by Gasteiger charge is 2.43. The lowest BCUT2D eigenvalue weighted by atomic mass is 10.2. The minimum absolute atomic E-state index is 0.224. The van der Waals surface area contributed by atoms with Crippen molar-refractivity contribution in [2.45, 2.75) is 20.8 Å². The van der Waals surface area contributed by atoms with Crippen molar-refractivity contribution >= 4 is 23.1 Å². The molecular weight excluding hydrogens is 328 g/mol. The highest BCUT2D eigenvalue weighted by molar-refractivity contribution is 6.40. The van der Waals surface area contributed by atoms with Gasteiger partial charge in [-0.05, 0) is 32.9 Å². The van der Waals surface area contributed by atoms with Crippen molar-refractivity contribution in [3.63, 3.8) is 0 Å². The predicted octanol–water partition coefficient (Wildman–Crippen LogP) is 1.97. The molecule has 0 atom stereocenters. The predicted molar refractivity (Wildman–Crippen MR) is 90.5 cm³/mol. The number of nitrogens with zero attached hydrogens (tertiary/aromatic N) is 4. The molecule has 2 rings (SSSR count). The molecule has 25 heavy (non-hydrogen) atoms. The number of ether oxygens (including phenoxy) is 1. The van der Waals surface area contributed by atoms with Crippen molar-refractivity contribution in [3.05, 3.63) is 29.6 Å². The molecule has 1 aliphatic rings. The average Bonchev–Trinajstić information content (AvgIpc) is 3.37. The van der Waals surface area contributed by atoms with Crippen molar-refractivity contribution in [1.29, 1.82) is 0 Å². The quantitative estimate of drug-likeness (QED) is 0.403. The summed E-state index contributed by atoms with van der Waals surface area (Å²) in [6.07, 6.45) is 1.56. The Balaban J connectivity index is 2.25. The van der Waals surface area contributed by atoms with Crippen LogP contribution in [-0.4, -0.2) is 48.3 Å². The molecule has 134 valence electrons. The van der Waals surface area contributed by atoms with Gasteiger partial charge in [-0.1, -0.05) is 10.3 Å². The van der Waals surface area contributed by atoms with Crippen LogP contribution in [0.15, 0.2) is 34.3 Å². The van der Waals surface area contributed by atoms with Gasteiger partial charge in [0.25, 0.3) is 5.88 Å². The average molecular weight is 348 g/mol. The van der Waals surface area contributed by atoms with Gasteiger partial charge in [0.2, 0.25) is 0 Å². The zero-order valence-corrected chi connectivity index (χ0v) is 14.8. The van der Waals surface area contributed by atoms with E-state index in [2.05, 4.69) is 15.3 Å². The van der Waals surface area contributed by atoms with Crippen LogP contribution in [0, 0.1) is 0 Å². The highest BCUT2D eigenvalue weighted by Crippen LogP contribution is 2.43. The number of hydrogen-bond donors (Lipinski definition) is 0. The number of pyridine rings is 1. The number of methoxy groups -OCH3 is 1. The Morgan fingerprint density at radius 1 is 1.24 bits per heavy atom. The fourth-order valence-electron chi connectivity index (χ4n) is 1.89. The molecule has 0 amide bonds. The zero-order valence-electron chi connectivity index (χ0n) is 14.8. The molecule has 0 saturated carbocycles. The molecule has 0 saturated heterocycles. The van der Waals surface area contributed by atoms with E-state index in [1.165, 1.54) is 19.3 Å². The summed E-state index contributed by atoms with van der Waals surface area (Å²) in [5.41, 5.74) is 2.48. The van der Waals surface area contributed by atoms with Crippen molar-refractivity contribution in [2.75, 3.05) is 20.8 Å². The van der Waals surface area contributed by atoms with Crippen LogP contribution in [0.1, 0.15) is 26.3 Å². The summed E-state index contributed by atoms with van der Waals surface area (Å²) in [5, 5.41) is 9.23. The third kappa shape index (κ3) is 4.13. The van der Waals surface area contributed by atoms with Gasteiger partial charge < -0.3 is 14.4 Å².